The Balaban J connectivity index is 1.04. The number of aromatic nitrogens is 4. The van der Waals surface area contributed by atoms with Gasteiger partial charge in [0, 0.05) is 87.4 Å². The normalized spacial score (nSPS) is 11.9. The lowest BCUT2D eigenvalue weighted by Crippen LogP contribution is -1.87. The summed E-state index contributed by atoms with van der Waals surface area (Å²) in [5.74, 6) is 0. The second-order valence-corrected chi connectivity index (χ2v) is 16.3. The van der Waals surface area contributed by atoms with Crippen molar-refractivity contribution in [2.75, 3.05) is 0 Å². The SMILES string of the molecule is c1cc(-c2cncnc2)c2sc3c(-c4ccc5c6ccc(-c7cccc8c7sc7c(-c9cncnc9)cccc78)cc6c6ccccc6c5c4)cccc3c2c1. The maximum absolute atomic E-state index is 4.31. The Hall–Kier alpha value is -6.86. The topological polar surface area (TPSA) is 51.6 Å². The summed E-state index contributed by atoms with van der Waals surface area (Å²) in [6.07, 6.45) is 10.8. The molecule has 0 aliphatic heterocycles. The van der Waals surface area contributed by atoms with Crippen molar-refractivity contribution in [2.45, 2.75) is 0 Å². The molecule has 0 N–H and O–H groups in total. The van der Waals surface area contributed by atoms with Gasteiger partial charge >= 0.3 is 0 Å². The molecule has 12 aromatic rings. The molecule has 0 bridgehead atoms. The van der Waals surface area contributed by atoms with Crippen LogP contribution in [0.15, 0.2) is 171 Å². The summed E-state index contributed by atoms with van der Waals surface area (Å²) in [6.45, 7) is 0. The summed E-state index contributed by atoms with van der Waals surface area (Å²) in [5, 5.41) is 12.7. The lowest BCUT2D eigenvalue weighted by Gasteiger charge is -2.14. The third-order valence-electron chi connectivity index (χ3n) is 11.3. The van der Waals surface area contributed by atoms with Crippen LogP contribution in [0.5, 0.6) is 0 Å². The molecule has 4 aromatic heterocycles. The van der Waals surface area contributed by atoms with Gasteiger partial charge in [0.2, 0.25) is 0 Å². The van der Waals surface area contributed by atoms with E-state index >= 15 is 0 Å². The van der Waals surface area contributed by atoms with E-state index in [0.717, 1.165) is 11.1 Å². The van der Waals surface area contributed by atoms with Crippen LogP contribution in [0, 0.1) is 0 Å². The van der Waals surface area contributed by atoms with E-state index in [1.165, 1.54) is 106 Å². The van der Waals surface area contributed by atoms with Crippen molar-refractivity contribution < 1.29 is 0 Å². The van der Waals surface area contributed by atoms with E-state index in [0.29, 0.717) is 0 Å². The highest BCUT2D eigenvalue weighted by atomic mass is 32.1. The van der Waals surface area contributed by atoms with Crippen molar-refractivity contribution in [3.8, 4) is 44.5 Å². The molecular formula is C50H28N4S2. The number of hydrogen-bond donors (Lipinski definition) is 0. The Bertz CT molecular complexity index is 3280. The minimum absolute atomic E-state index is 1.03. The van der Waals surface area contributed by atoms with Crippen molar-refractivity contribution in [2.24, 2.45) is 0 Å². The predicted molar refractivity (Wildman–Crippen MR) is 238 cm³/mol. The lowest BCUT2D eigenvalue weighted by atomic mass is 9.90. The third-order valence-corrected chi connectivity index (χ3v) is 13.8. The first-order chi connectivity index (χ1) is 27.8. The number of fused-ring (bicyclic) bond motifs is 12. The van der Waals surface area contributed by atoms with E-state index in [9.17, 15) is 0 Å². The Morgan fingerprint density at radius 1 is 0.268 bits per heavy atom. The van der Waals surface area contributed by atoms with Crippen molar-refractivity contribution >= 4 is 95.3 Å². The molecule has 0 unspecified atom stereocenters. The fourth-order valence-corrected chi connectivity index (χ4v) is 11.5. The molecule has 0 aliphatic rings. The highest BCUT2D eigenvalue weighted by Crippen LogP contribution is 2.47. The van der Waals surface area contributed by atoms with E-state index in [2.05, 4.69) is 153 Å². The van der Waals surface area contributed by atoms with Gasteiger partial charge in [-0.2, -0.15) is 0 Å². The van der Waals surface area contributed by atoms with Crippen molar-refractivity contribution in [3.63, 3.8) is 0 Å². The van der Waals surface area contributed by atoms with Gasteiger partial charge in [0.15, 0.2) is 0 Å². The predicted octanol–water partition coefficient (Wildman–Crippen LogP) is 14.1. The van der Waals surface area contributed by atoms with Crippen LogP contribution in [0.1, 0.15) is 0 Å². The van der Waals surface area contributed by atoms with Gasteiger partial charge in [0.1, 0.15) is 12.7 Å². The van der Waals surface area contributed by atoms with Crippen LogP contribution in [0.3, 0.4) is 0 Å². The summed E-state index contributed by atoms with van der Waals surface area (Å²) < 4.78 is 5.10. The minimum atomic E-state index is 1.03. The first kappa shape index (κ1) is 31.5. The molecule has 0 saturated carbocycles. The summed E-state index contributed by atoms with van der Waals surface area (Å²) in [5.41, 5.74) is 9.34. The van der Waals surface area contributed by atoms with Crippen LogP contribution in [0.2, 0.25) is 0 Å². The summed E-state index contributed by atoms with van der Waals surface area (Å²) in [7, 11) is 0. The molecule has 0 fully saturated rings. The lowest BCUT2D eigenvalue weighted by molar-refractivity contribution is 1.17. The number of thiophene rings is 2. The molecular weight excluding hydrogens is 721 g/mol. The van der Waals surface area contributed by atoms with Gasteiger partial charge < -0.3 is 0 Å². The Morgan fingerprint density at radius 3 is 0.964 bits per heavy atom. The molecule has 4 heterocycles. The molecule has 0 radical (unpaired) electrons. The Kier molecular flexibility index (Phi) is 6.93. The largest absolute Gasteiger partial charge is 0.244 e. The highest BCUT2D eigenvalue weighted by molar-refractivity contribution is 7.27. The van der Waals surface area contributed by atoms with E-state index in [4.69, 9.17) is 0 Å². The van der Waals surface area contributed by atoms with Crippen LogP contribution in [-0.4, -0.2) is 19.9 Å². The van der Waals surface area contributed by atoms with Crippen molar-refractivity contribution in [1.29, 1.82) is 0 Å². The maximum atomic E-state index is 4.31. The second-order valence-electron chi connectivity index (χ2n) is 14.3. The quantitative estimate of drug-likeness (QED) is 0.168. The molecule has 4 nitrogen and oxygen atoms in total. The average molecular weight is 749 g/mol. The van der Waals surface area contributed by atoms with Gasteiger partial charge in [-0.15, -0.1) is 22.7 Å². The zero-order valence-corrected chi connectivity index (χ0v) is 31.4. The molecule has 0 atom stereocenters. The van der Waals surface area contributed by atoms with Crippen molar-refractivity contribution in [3.05, 3.63) is 171 Å². The maximum Gasteiger partial charge on any atom is 0.115 e. The standard InChI is InChI=1S/C50H28N4S2/c1-2-8-38-37(7-1)45-21-29(33-9-3-13-41-43-15-5-11-35(49(43)55-47(33)41)31-23-51-27-52-24-31)17-19-39(45)40-20-18-30(22-46(38)40)34-10-4-14-42-44-16-6-12-36(50(44)56-48(34)42)32-25-53-28-54-26-32/h1-28H. The summed E-state index contributed by atoms with van der Waals surface area (Å²) in [4.78, 5) is 17.2. The second kappa shape index (κ2) is 12.3. The summed E-state index contributed by atoms with van der Waals surface area (Å²) in [6, 6.07) is 49.5. The van der Waals surface area contributed by atoms with Crippen LogP contribution in [-0.2, 0) is 0 Å². The van der Waals surface area contributed by atoms with Gasteiger partial charge in [-0.1, -0.05) is 121 Å². The van der Waals surface area contributed by atoms with Gasteiger partial charge in [0.25, 0.3) is 0 Å². The molecule has 0 aliphatic carbocycles. The summed E-state index contributed by atoms with van der Waals surface area (Å²) >= 11 is 3.71. The molecule has 0 spiro atoms. The first-order valence-corrected chi connectivity index (χ1v) is 20.2. The number of benzene rings is 8. The molecule has 260 valence electrons. The zero-order valence-electron chi connectivity index (χ0n) is 29.8. The molecule has 0 saturated heterocycles. The minimum Gasteiger partial charge on any atom is -0.244 e. The van der Waals surface area contributed by atoms with Gasteiger partial charge in [-0.3, -0.25) is 0 Å². The van der Waals surface area contributed by atoms with E-state index in [-0.39, 0.29) is 0 Å². The first-order valence-electron chi connectivity index (χ1n) is 18.6. The van der Waals surface area contributed by atoms with Crippen LogP contribution in [0.25, 0.3) is 117 Å². The smallest absolute Gasteiger partial charge is 0.115 e. The molecule has 6 heteroatoms. The van der Waals surface area contributed by atoms with E-state index in [1.807, 2.05) is 47.5 Å². The zero-order chi connectivity index (χ0) is 36.7. The van der Waals surface area contributed by atoms with Gasteiger partial charge in [-0.25, -0.2) is 19.9 Å². The Morgan fingerprint density at radius 2 is 0.589 bits per heavy atom. The monoisotopic (exact) mass is 748 g/mol. The Labute approximate surface area is 329 Å². The molecule has 0 amide bonds. The van der Waals surface area contributed by atoms with Crippen LogP contribution < -0.4 is 0 Å². The fraction of sp³-hybridized carbons (Fsp3) is 0. The van der Waals surface area contributed by atoms with Crippen LogP contribution >= 0.6 is 22.7 Å². The van der Waals surface area contributed by atoms with Gasteiger partial charge in [-0.05, 0) is 66.7 Å². The average Bonchev–Trinajstić information content (AvgIpc) is 3.86. The van der Waals surface area contributed by atoms with E-state index < -0.39 is 0 Å². The molecule has 56 heavy (non-hydrogen) atoms. The number of rotatable bonds is 4. The van der Waals surface area contributed by atoms with Crippen molar-refractivity contribution in [1.82, 2.24) is 19.9 Å². The molecule has 12 rings (SSSR count). The number of hydrogen-bond acceptors (Lipinski definition) is 6. The molecule has 8 aromatic carbocycles. The fourth-order valence-electron chi connectivity index (χ4n) is 8.72. The van der Waals surface area contributed by atoms with Gasteiger partial charge in [0.05, 0.1) is 0 Å². The van der Waals surface area contributed by atoms with Crippen LogP contribution in [0.4, 0.5) is 0 Å². The third kappa shape index (κ3) is 4.70. The number of nitrogens with zero attached hydrogens (tertiary/aromatic N) is 4. The van der Waals surface area contributed by atoms with E-state index in [1.54, 1.807) is 12.7 Å². The highest BCUT2D eigenvalue weighted by Gasteiger charge is 2.18.